The Kier molecular flexibility index (Phi) is 4.51. The van der Waals surface area contributed by atoms with E-state index in [-0.39, 0.29) is 0 Å². The Balaban J connectivity index is 1.49. The fourth-order valence-electron chi connectivity index (χ4n) is 4.36. The molecule has 1 atom stereocenters. The van der Waals surface area contributed by atoms with Crippen LogP contribution in [0.25, 0.3) is 5.65 Å². The van der Waals surface area contributed by atoms with Gasteiger partial charge in [0, 0.05) is 32.0 Å². The van der Waals surface area contributed by atoms with Gasteiger partial charge in [0.1, 0.15) is 11.5 Å². The molecule has 140 valence electrons. The highest BCUT2D eigenvalue weighted by Crippen LogP contribution is 2.34. The van der Waals surface area contributed by atoms with Crippen LogP contribution in [0, 0.1) is 0 Å². The first kappa shape index (κ1) is 16.7. The highest BCUT2D eigenvalue weighted by atomic mass is 16.5. The highest BCUT2D eigenvalue weighted by molar-refractivity contribution is 5.57. The number of likely N-dealkylation sites (tertiary alicyclic amines) is 1. The molecule has 0 saturated carbocycles. The van der Waals surface area contributed by atoms with Crippen LogP contribution >= 0.6 is 0 Å². The molecule has 3 aromatic heterocycles. The number of imidazole rings is 1. The molecule has 0 spiro atoms. The van der Waals surface area contributed by atoms with Gasteiger partial charge in [-0.3, -0.25) is 14.3 Å². The molecule has 6 heteroatoms. The summed E-state index contributed by atoms with van der Waals surface area (Å²) in [6.07, 6.45) is 6.39. The number of aromatic nitrogens is 3. The van der Waals surface area contributed by atoms with Crippen LogP contribution in [-0.4, -0.2) is 52.1 Å². The minimum absolute atomic E-state index is 0.383. The Bertz CT molecular complexity index is 903. The maximum atomic E-state index is 5.57. The van der Waals surface area contributed by atoms with Crippen molar-refractivity contribution in [3.63, 3.8) is 0 Å². The third-order valence-electron chi connectivity index (χ3n) is 5.63. The lowest BCUT2D eigenvalue weighted by molar-refractivity contribution is 0.122. The van der Waals surface area contributed by atoms with Gasteiger partial charge in [0.05, 0.1) is 30.6 Å². The number of hydrogen-bond acceptors (Lipinski definition) is 5. The number of nitrogens with zero attached hydrogens (tertiary/aromatic N) is 5. The molecule has 0 amide bonds. The van der Waals surface area contributed by atoms with Crippen molar-refractivity contribution < 1.29 is 4.74 Å². The van der Waals surface area contributed by atoms with E-state index < -0.39 is 0 Å². The summed E-state index contributed by atoms with van der Waals surface area (Å²) in [7, 11) is 0. The SMILES string of the molecule is c1ccc(C2CCCN2Cc2nc3ccccn3c2N2CCOCC2)nc1. The summed E-state index contributed by atoms with van der Waals surface area (Å²) in [4.78, 5) is 14.6. The van der Waals surface area contributed by atoms with Crippen molar-refractivity contribution >= 4 is 11.5 Å². The minimum atomic E-state index is 0.383. The monoisotopic (exact) mass is 363 g/mol. The van der Waals surface area contributed by atoms with Crippen molar-refractivity contribution in [2.24, 2.45) is 0 Å². The molecule has 27 heavy (non-hydrogen) atoms. The standard InChI is InChI=1S/C21H25N5O/c1-3-9-22-17(6-1)19-7-5-10-25(19)16-18-21(24-12-14-27-15-13-24)26-11-4-2-8-20(26)23-18/h1-4,6,8-9,11,19H,5,7,10,12-16H2. The molecule has 6 nitrogen and oxygen atoms in total. The van der Waals surface area contributed by atoms with E-state index in [0.29, 0.717) is 6.04 Å². The average molecular weight is 363 g/mol. The topological polar surface area (TPSA) is 45.9 Å². The maximum absolute atomic E-state index is 5.57. The fourth-order valence-corrected chi connectivity index (χ4v) is 4.36. The average Bonchev–Trinajstić information content (AvgIpc) is 3.33. The largest absolute Gasteiger partial charge is 0.378 e. The molecule has 0 N–H and O–H groups in total. The van der Waals surface area contributed by atoms with Crippen LogP contribution < -0.4 is 4.90 Å². The van der Waals surface area contributed by atoms with Gasteiger partial charge in [-0.1, -0.05) is 12.1 Å². The van der Waals surface area contributed by atoms with Crippen LogP contribution in [0.5, 0.6) is 0 Å². The summed E-state index contributed by atoms with van der Waals surface area (Å²) >= 11 is 0. The zero-order valence-corrected chi connectivity index (χ0v) is 15.5. The van der Waals surface area contributed by atoms with Gasteiger partial charge in [-0.2, -0.15) is 0 Å². The molecule has 5 rings (SSSR count). The van der Waals surface area contributed by atoms with E-state index in [1.807, 2.05) is 12.3 Å². The number of anilines is 1. The summed E-state index contributed by atoms with van der Waals surface area (Å²) in [6.45, 7) is 5.34. The van der Waals surface area contributed by atoms with E-state index in [9.17, 15) is 0 Å². The normalized spacial score (nSPS) is 21.2. The number of hydrogen-bond donors (Lipinski definition) is 0. The van der Waals surface area contributed by atoms with Crippen molar-refractivity contribution in [2.45, 2.75) is 25.4 Å². The Morgan fingerprint density at radius 2 is 1.93 bits per heavy atom. The quantitative estimate of drug-likeness (QED) is 0.713. The zero-order chi connectivity index (χ0) is 18.1. The molecule has 0 bridgehead atoms. The number of morpholine rings is 1. The van der Waals surface area contributed by atoms with Crippen LogP contribution in [0.1, 0.15) is 30.3 Å². The third-order valence-corrected chi connectivity index (χ3v) is 5.63. The summed E-state index contributed by atoms with van der Waals surface area (Å²) in [5, 5.41) is 0. The van der Waals surface area contributed by atoms with Gasteiger partial charge in [0.2, 0.25) is 0 Å². The smallest absolute Gasteiger partial charge is 0.138 e. The Hall–Kier alpha value is -2.44. The maximum Gasteiger partial charge on any atom is 0.138 e. The van der Waals surface area contributed by atoms with Gasteiger partial charge in [0.15, 0.2) is 0 Å². The molecule has 2 aliphatic rings. The first-order valence-electron chi connectivity index (χ1n) is 9.84. The molecule has 2 fully saturated rings. The van der Waals surface area contributed by atoms with Gasteiger partial charge in [-0.05, 0) is 43.7 Å². The second-order valence-electron chi connectivity index (χ2n) is 7.29. The van der Waals surface area contributed by atoms with E-state index in [1.165, 1.54) is 17.9 Å². The number of fused-ring (bicyclic) bond motifs is 1. The van der Waals surface area contributed by atoms with E-state index >= 15 is 0 Å². The van der Waals surface area contributed by atoms with Crippen molar-refractivity contribution in [1.82, 2.24) is 19.3 Å². The lowest BCUT2D eigenvalue weighted by Crippen LogP contribution is -2.38. The summed E-state index contributed by atoms with van der Waals surface area (Å²) < 4.78 is 7.80. The Morgan fingerprint density at radius 1 is 1.04 bits per heavy atom. The Morgan fingerprint density at radius 3 is 2.78 bits per heavy atom. The van der Waals surface area contributed by atoms with E-state index in [2.05, 4.69) is 55.7 Å². The molecule has 0 aliphatic carbocycles. The van der Waals surface area contributed by atoms with Gasteiger partial charge in [-0.25, -0.2) is 4.98 Å². The lowest BCUT2D eigenvalue weighted by atomic mass is 10.1. The minimum Gasteiger partial charge on any atom is -0.378 e. The van der Waals surface area contributed by atoms with Crippen molar-refractivity contribution in [1.29, 1.82) is 0 Å². The predicted molar refractivity (Wildman–Crippen MR) is 105 cm³/mol. The highest BCUT2D eigenvalue weighted by Gasteiger charge is 2.30. The second kappa shape index (κ2) is 7.29. The van der Waals surface area contributed by atoms with Gasteiger partial charge < -0.3 is 9.64 Å². The number of ether oxygens (including phenoxy) is 1. The van der Waals surface area contributed by atoms with Gasteiger partial charge >= 0.3 is 0 Å². The first-order valence-corrected chi connectivity index (χ1v) is 9.84. The first-order chi connectivity index (χ1) is 13.4. The van der Waals surface area contributed by atoms with Gasteiger partial charge in [-0.15, -0.1) is 0 Å². The lowest BCUT2D eigenvalue weighted by Gasteiger charge is -2.30. The van der Waals surface area contributed by atoms with Crippen LogP contribution in [0.3, 0.4) is 0 Å². The molecule has 2 aliphatic heterocycles. The molecule has 2 saturated heterocycles. The van der Waals surface area contributed by atoms with Crippen molar-refractivity contribution in [3.8, 4) is 0 Å². The molecule has 0 aromatic carbocycles. The van der Waals surface area contributed by atoms with Crippen LogP contribution in [-0.2, 0) is 11.3 Å². The molecule has 1 unspecified atom stereocenters. The third kappa shape index (κ3) is 3.19. The predicted octanol–water partition coefficient (Wildman–Crippen LogP) is 2.90. The zero-order valence-electron chi connectivity index (χ0n) is 15.5. The van der Waals surface area contributed by atoms with Crippen molar-refractivity contribution in [2.75, 3.05) is 37.7 Å². The number of pyridine rings is 2. The molecule has 0 radical (unpaired) electrons. The van der Waals surface area contributed by atoms with Crippen molar-refractivity contribution in [3.05, 3.63) is 60.2 Å². The Labute approximate surface area is 159 Å². The molecular weight excluding hydrogens is 338 g/mol. The summed E-state index contributed by atoms with van der Waals surface area (Å²) in [6, 6.07) is 12.8. The molecule has 5 heterocycles. The molecular formula is C21H25N5O. The van der Waals surface area contributed by atoms with E-state index in [4.69, 9.17) is 9.72 Å². The van der Waals surface area contributed by atoms with E-state index in [1.54, 1.807) is 0 Å². The van der Waals surface area contributed by atoms with E-state index in [0.717, 1.165) is 57.2 Å². The van der Waals surface area contributed by atoms with Gasteiger partial charge in [0.25, 0.3) is 0 Å². The van der Waals surface area contributed by atoms with Crippen LogP contribution in [0.2, 0.25) is 0 Å². The summed E-state index contributed by atoms with van der Waals surface area (Å²) in [5.41, 5.74) is 3.35. The fraction of sp³-hybridized carbons (Fsp3) is 0.429. The number of rotatable bonds is 4. The van der Waals surface area contributed by atoms with Crippen LogP contribution in [0.4, 0.5) is 5.82 Å². The van der Waals surface area contributed by atoms with Crippen LogP contribution in [0.15, 0.2) is 48.8 Å². The molecule has 3 aromatic rings. The second-order valence-corrected chi connectivity index (χ2v) is 7.29. The summed E-state index contributed by atoms with van der Waals surface area (Å²) in [5.74, 6) is 1.22.